The second kappa shape index (κ2) is 7.98. The van der Waals surface area contributed by atoms with Gasteiger partial charge in [0.15, 0.2) is 0 Å². The van der Waals surface area contributed by atoms with E-state index in [9.17, 15) is 8.42 Å². The van der Waals surface area contributed by atoms with Crippen LogP contribution in [0.25, 0.3) is 0 Å². The maximum Gasteiger partial charge on any atom is 0.240 e. The number of hydrogen-bond acceptors (Lipinski definition) is 4. The summed E-state index contributed by atoms with van der Waals surface area (Å²) in [6.45, 7) is 1.75. The first-order valence-electron chi connectivity index (χ1n) is 7.31. The summed E-state index contributed by atoms with van der Waals surface area (Å²) in [6, 6.07) is 12.1. The fourth-order valence-electron chi connectivity index (χ4n) is 2.39. The number of hydrogen-bond donors (Lipinski definition) is 1. The van der Waals surface area contributed by atoms with Crippen LogP contribution in [0, 0.1) is 6.92 Å². The summed E-state index contributed by atoms with van der Waals surface area (Å²) in [7, 11) is -0.617. The highest BCUT2D eigenvalue weighted by molar-refractivity contribution is 7.89. The maximum absolute atomic E-state index is 12.6. The Morgan fingerprint density at radius 1 is 1.12 bits per heavy atom. The van der Waals surface area contributed by atoms with Gasteiger partial charge in [0, 0.05) is 24.2 Å². The van der Waals surface area contributed by atoms with Crippen LogP contribution in [0.5, 0.6) is 5.75 Å². The van der Waals surface area contributed by atoms with Crippen LogP contribution in [0.4, 0.5) is 0 Å². The molecule has 1 N–H and O–H groups in total. The molecule has 0 aliphatic heterocycles. The summed E-state index contributed by atoms with van der Waals surface area (Å²) >= 11 is 6.01. The summed E-state index contributed by atoms with van der Waals surface area (Å²) in [5.74, 6) is 0.641. The minimum absolute atomic E-state index is 0.0746. The predicted octanol–water partition coefficient (Wildman–Crippen LogP) is 3.32. The molecule has 1 unspecified atom stereocenters. The minimum atomic E-state index is -3.70. The SMILES string of the molecule is COc1ccccc1C(CNS(=O)(=O)c1cccc(Cl)c1C)OC. The summed E-state index contributed by atoms with van der Waals surface area (Å²) in [5.41, 5.74) is 1.28. The molecule has 0 bridgehead atoms. The molecule has 0 aromatic heterocycles. The van der Waals surface area contributed by atoms with E-state index in [1.54, 1.807) is 32.2 Å². The average Bonchev–Trinajstić information content (AvgIpc) is 2.58. The molecule has 0 aliphatic rings. The summed E-state index contributed by atoms with van der Waals surface area (Å²) < 4.78 is 38.4. The van der Waals surface area contributed by atoms with Gasteiger partial charge in [-0.3, -0.25) is 0 Å². The van der Waals surface area contributed by atoms with Crippen molar-refractivity contribution in [2.45, 2.75) is 17.9 Å². The second-order valence-corrected chi connectivity index (χ2v) is 7.32. The number of sulfonamides is 1. The van der Waals surface area contributed by atoms with Gasteiger partial charge in [0.25, 0.3) is 0 Å². The smallest absolute Gasteiger partial charge is 0.240 e. The monoisotopic (exact) mass is 369 g/mol. The van der Waals surface area contributed by atoms with Crippen LogP contribution in [0.2, 0.25) is 5.02 Å². The van der Waals surface area contributed by atoms with Gasteiger partial charge in [-0.05, 0) is 30.7 Å². The lowest BCUT2D eigenvalue weighted by Crippen LogP contribution is -2.30. The molecule has 0 aliphatic carbocycles. The molecule has 7 heteroatoms. The standard InChI is InChI=1S/C17H20ClNO4S/c1-12-14(18)8-6-10-17(12)24(20,21)19-11-16(23-3)13-7-4-5-9-15(13)22-2/h4-10,16,19H,11H2,1-3H3. The van der Waals surface area contributed by atoms with Gasteiger partial charge in [-0.1, -0.05) is 35.9 Å². The zero-order valence-corrected chi connectivity index (χ0v) is 15.3. The van der Waals surface area contributed by atoms with Gasteiger partial charge < -0.3 is 9.47 Å². The first-order valence-corrected chi connectivity index (χ1v) is 9.17. The van der Waals surface area contributed by atoms with Gasteiger partial charge in [-0.15, -0.1) is 0 Å². The lowest BCUT2D eigenvalue weighted by atomic mass is 10.1. The van der Waals surface area contributed by atoms with Gasteiger partial charge in [-0.25, -0.2) is 13.1 Å². The zero-order valence-electron chi connectivity index (χ0n) is 13.7. The number of halogens is 1. The van der Waals surface area contributed by atoms with Gasteiger partial charge in [0.05, 0.1) is 18.1 Å². The van der Waals surface area contributed by atoms with Crippen molar-refractivity contribution < 1.29 is 17.9 Å². The molecule has 0 saturated carbocycles. The van der Waals surface area contributed by atoms with Crippen LogP contribution in [0.3, 0.4) is 0 Å². The molecule has 0 saturated heterocycles. The lowest BCUT2D eigenvalue weighted by Gasteiger charge is -2.19. The predicted molar refractivity (Wildman–Crippen MR) is 94.1 cm³/mol. The first-order chi connectivity index (χ1) is 11.4. The van der Waals surface area contributed by atoms with E-state index in [4.69, 9.17) is 21.1 Å². The highest BCUT2D eigenvalue weighted by atomic mass is 35.5. The van der Waals surface area contributed by atoms with Gasteiger partial charge in [-0.2, -0.15) is 0 Å². The third-order valence-electron chi connectivity index (χ3n) is 3.74. The largest absolute Gasteiger partial charge is 0.496 e. The fourth-order valence-corrected chi connectivity index (χ4v) is 3.92. The Kier molecular flexibility index (Phi) is 6.23. The third-order valence-corrected chi connectivity index (χ3v) is 5.71. The number of methoxy groups -OCH3 is 2. The number of benzene rings is 2. The average molecular weight is 370 g/mol. The molecule has 2 rings (SSSR count). The maximum atomic E-state index is 12.6. The van der Waals surface area contributed by atoms with E-state index in [2.05, 4.69) is 4.72 Å². The van der Waals surface area contributed by atoms with E-state index in [0.717, 1.165) is 5.56 Å². The summed E-state index contributed by atoms with van der Waals surface area (Å²) in [6.07, 6.45) is -0.476. The molecule has 5 nitrogen and oxygen atoms in total. The van der Waals surface area contributed by atoms with Gasteiger partial charge in [0.1, 0.15) is 5.75 Å². The lowest BCUT2D eigenvalue weighted by molar-refractivity contribution is 0.105. The molecule has 0 amide bonds. The van der Waals surface area contributed by atoms with Crippen molar-refractivity contribution in [1.29, 1.82) is 0 Å². The molecule has 0 fully saturated rings. The number of rotatable bonds is 7. The van der Waals surface area contributed by atoms with Crippen molar-refractivity contribution in [1.82, 2.24) is 4.72 Å². The fraction of sp³-hybridized carbons (Fsp3) is 0.294. The van der Waals surface area contributed by atoms with E-state index in [0.29, 0.717) is 16.3 Å². The van der Waals surface area contributed by atoms with Crippen LogP contribution in [0.15, 0.2) is 47.4 Å². The third kappa shape index (κ3) is 4.08. The molecule has 2 aromatic rings. The molecule has 130 valence electrons. The Labute approximate surface area is 147 Å². The minimum Gasteiger partial charge on any atom is -0.496 e. The summed E-state index contributed by atoms with van der Waals surface area (Å²) in [4.78, 5) is 0.157. The molecule has 0 heterocycles. The van der Waals surface area contributed by atoms with E-state index in [-0.39, 0.29) is 11.4 Å². The van der Waals surface area contributed by atoms with Crippen LogP contribution in [-0.2, 0) is 14.8 Å². The normalized spacial score (nSPS) is 12.8. The van der Waals surface area contributed by atoms with Crippen molar-refractivity contribution >= 4 is 21.6 Å². The highest BCUT2D eigenvalue weighted by Crippen LogP contribution is 2.27. The number of nitrogens with one attached hydrogen (secondary N) is 1. The Morgan fingerprint density at radius 2 is 1.83 bits per heavy atom. The number of para-hydroxylation sites is 1. The Bertz CT molecular complexity index is 808. The molecule has 0 radical (unpaired) electrons. The van der Waals surface area contributed by atoms with Crippen LogP contribution < -0.4 is 9.46 Å². The van der Waals surface area contributed by atoms with E-state index < -0.39 is 16.1 Å². The summed E-state index contributed by atoms with van der Waals surface area (Å²) in [5, 5.41) is 0.408. The van der Waals surface area contributed by atoms with Crippen molar-refractivity contribution in [2.24, 2.45) is 0 Å². The molecular weight excluding hydrogens is 350 g/mol. The molecule has 2 aromatic carbocycles. The second-order valence-electron chi connectivity index (χ2n) is 5.18. The van der Waals surface area contributed by atoms with E-state index in [1.165, 1.54) is 13.2 Å². The van der Waals surface area contributed by atoms with Crippen molar-refractivity contribution in [3.63, 3.8) is 0 Å². The Morgan fingerprint density at radius 3 is 2.50 bits per heavy atom. The molecular formula is C17H20ClNO4S. The zero-order chi connectivity index (χ0) is 17.7. The van der Waals surface area contributed by atoms with Crippen molar-refractivity contribution in [3.8, 4) is 5.75 Å². The molecule has 0 spiro atoms. The van der Waals surface area contributed by atoms with Crippen LogP contribution in [-0.4, -0.2) is 29.2 Å². The van der Waals surface area contributed by atoms with Crippen LogP contribution >= 0.6 is 11.6 Å². The molecule has 1 atom stereocenters. The van der Waals surface area contributed by atoms with Crippen LogP contribution in [0.1, 0.15) is 17.2 Å². The topological polar surface area (TPSA) is 64.6 Å². The van der Waals surface area contributed by atoms with Gasteiger partial charge in [0.2, 0.25) is 10.0 Å². The Hall–Kier alpha value is -1.60. The molecule has 24 heavy (non-hydrogen) atoms. The van der Waals surface area contributed by atoms with E-state index >= 15 is 0 Å². The van der Waals surface area contributed by atoms with Gasteiger partial charge >= 0.3 is 0 Å². The first kappa shape index (κ1) is 18.7. The number of ether oxygens (including phenoxy) is 2. The highest BCUT2D eigenvalue weighted by Gasteiger charge is 2.22. The van der Waals surface area contributed by atoms with E-state index in [1.807, 2.05) is 18.2 Å². The Balaban J connectivity index is 2.22. The van der Waals surface area contributed by atoms with Crippen molar-refractivity contribution in [3.05, 3.63) is 58.6 Å². The van der Waals surface area contributed by atoms with Crippen molar-refractivity contribution in [2.75, 3.05) is 20.8 Å². The quantitative estimate of drug-likeness (QED) is 0.813.